The van der Waals surface area contributed by atoms with Gasteiger partial charge in [0.15, 0.2) is 23.1 Å². The molecule has 0 unspecified atom stereocenters. The van der Waals surface area contributed by atoms with Crippen LogP contribution in [-0.2, 0) is 19.6 Å². The van der Waals surface area contributed by atoms with E-state index in [0.29, 0.717) is 30.7 Å². The minimum atomic E-state index is -4.69. The minimum Gasteiger partial charge on any atom is -0.327 e. The van der Waals surface area contributed by atoms with Crippen LogP contribution in [0.4, 0.5) is 26.3 Å². The van der Waals surface area contributed by atoms with Gasteiger partial charge in [-0.25, -0.2) is 17.9 Å². The number of alkyl halides is 3. The van der Waals surface area contributed by atoms with Crippen molar-refractivity contribution in [3.63, 3.8) is 0 Å². The van der Waals surface area contributed by atoms with E-state index in [1.54, 1.807) is 24.1 Å². The van der Waals surface area contributed by atoms with Gasteiger partial charge in [0.05, 0.1) is 34.9 Å². The van der Waals surface area contributed by atoms with Crippen molar-refractivity contribution in [1.82, 2.24) is 29.7 Å². The maximum Gasteiger partial charge on any atom is 0.436 e. The van der Waals surface area contributed by atoms with Crippen LogP contribution in [0.25, 0.3) is 16.9 Å². The summed E-state index contributed by atoms with van der Waals surface area (Å²) in [6.07, 6.45) is -1.60. The van der Waals surface area contributed by atoms with Gasteiger partial charge in [-0.1, -0.05) is 17.3 Å². The summed E-state index contributed by atoms with van der Waals surface area (Å²) in [7, 11) is 1.61. The zero-order chi connectivity index (χ0) is 27.6. The van der Waals surface area contributed by atoms with Gasteiger partial charge in [0.1, 0.15) is 0 Å². The molecule has 7 nitrogen and oxygen atoms in total. The first-order valence-electron chi connectivity index (χ1n) is 12.2. The van der Waals surface area contributed by atoms with Crippen LogP contribution >= 0.6 is 0 Å². The zero-order valence-electron chi connectivity index (χ0n) is 20.4. The van der Waals surface area contributed by atoms with Crippen molar-refractivity contribution < 1.29 is 31.1 Å². The van der Waals surface area contributed by atoms with Gasteiger partial charge in [0, 0.05) is 24.2 Å². The Morgan fingerprint density at radius 1 is 1.05 bits per heavy atom. The lowest BCUT2D eigenvalue weighted by Crippen LogP contribution is -2.50. The summed E-state index contributed by atoms with van der Waals surface area (Å²) in [5, 5.41) is 11.4. The first-order chi connectivity index (χ1) is 18.5. The Labute approximate surface area is 217 Å². The highest BCUT2D eigenvalue weighted by Gasteiger charge is 2.44. The predicted molar refractivity (Wildman–Crippen MR) is 125 cm³/mol. The molecular weight excluding hydrogens is 526 g/mol. The Hall–Kier alpha value is -4.16. The molecule has 39 heavy (non-hydrogen) atoms. The number of carbonyl (C=O) groups is 1. The van der Waals surface area contributed by atoms with E-state index in [4.69, 9.17) is 0 Å². The molecule has 2 bridgehead atoms. The van der Waals surface area contributed by atoms with Crippen LogP contribution in [0.2, 0.25) is 0 Å². The maximum atomic E-state index is 14.1. The number of halogens is 6. The Morgan fingerprint density at radius 3 is 2.46 bits per heavy atom. The number of nitrogens with zero attached hydrogens (tertiary/aromatic N) is 6. The van der Waals surface area contributed by atoms with Crippen molar-refractivity contribution in [1.29, 1.82) is 0 Å². The fourth-order valence-corrected chi connectivity index (χ4v) is 5.71. The molecule has 0 spiro atoms. The largest absolute Gasteiger partial charge is 0.436 e. The van der Waals surface area contributed by atoms with E-state index < -0.39 is 41.3 Å². The van der Waals surface area contributed by atoms with Gasteiger partial charge < -0.3 is 4.90 Å². The molecule has 4 aromatic rings. The summed E-state index contributed by atoms with van der Waals surface area (Å²) >= 11 is 0. The van der Waals surface area contributed by atoms with E-state index in [1.807, 2.05) is 0 Å². The van der Waals surface area contributed by atoms with Gasteiger partial charge in [-0.2, -0.15) is 18.3 Å². The molecule has 2 aliphatic rings. The monoisotopic (exact) mass is 546 g/mol. The number of hydrogen-bond acceptors (Lipinski definition) is 4. The SMILES string of the molecule is Cn1nc2c(c1-c1cc(F)c(F)c(F)c1)C[C@@H]1CCC[C@H]2N1C(=O)c1ccccc1-n1cc(C(F)(F)F)nn1. The van der Waals surface area contributed by atoms with Gasteiger partial charge >= 0.3 is 6.18 Å². The van der Waals surface area contributed by atoms with Crippen LogP contribution in [0, 0.1) is 17.5 Å². The van der Waals surface area contributed by atoms with Crippen molar-refractivity contribution >= 4 is 5.91 Å². The molecule has 2 atom stereocenters. The number of para-hydroxylation sites is 1. The van der Waals surface area contributed by atoms with Gasteiger partial charge in [-0.3, -0.25) is 9.48 Å². The molecule has 1 fully saturated rings. The lowest BCUT2D eigenvalue weighted by molar-refractivity contribution is -0.141. The highest BCUT2D eigenvalue weighted by molar-refractivity contribution is 5.98. The molecule has 0 aliphatic carbocycles. The molecule has 13 heteroatoms. The molecule has 0 N–H and O–H groups in total. The van der Waals surface area contributed by atoms with Crippen LogP contribution in [0.15, 0.2) is 42.6 Å². The number of benzene rings is 2. The molecule has 1 amide bonds. The fraction of sp³-hybridized carbons (Fsp3) is 0.308. The number of amides is 1. The standard InChI is InChI=1S/C26H20F6N6O/c1-36-24(13-9-17(27)22(29)18(28)10-13)16-11-14-5-4-8-20(23(16)34-36)38(14)25(39)15-6-2-3-7-19(15)37-12-21(33-35-37)26(30,31)32/h2-3,6-7,9-10,12,14,20H,4-5,8,11H2,1H3/t14-,20+/m0/s1. The number of rotatable bonds is 3. The van der Waals surface area contributed by atoms with Crippen LogP contribution in [-0.4, -0.2) is 41.6 Å². The first kappa shape index (κ1) is 25.1. The summed E-state index contributed by atoms with van der Waals surface area (Å²) in [5.74, 6) is -4.59. The van der Waals surface area contributed by atoms with Crippen LogP contribution < -0.4 is 0 Å². The summed E-state index contributed by atoms with van der Waals surface area (Å²) in [6.45, 7) is 0. The highest BCUT2D eigenvalue weighted by Crippen LogP contribution is 2.45. The Kier molecular flexibility index (Phi) is 5.77. The number of piperidine rings is 1. The van der Waals surface area contributed by atoms with Crippen molar-refractivity contribution in [2.45, 2.75) is 43.9 Å². The number of carbonyl (C=O) groups excluding carboxylic acids is 1. The zero-order valence-corrected chi connectivity index (χ0v) is 20.4. The third-order valence-corrected chi connectivity index (χ3v) is 7.33. The second-order valence-electron chi connectivity index (χ2n) is 9.67. The van der Waals surface area contributed by atoms with Gasteiger partial charge in [-0.15, -0.1) is 5.10 Å². The third kappa shape index (κ3) is 4.07. The summed E-state index contributed by atoms with van der Waals surface area (Å²) in [5.41, 5.74) is 0.982. The average molecular weight is 546 g/mol. The topological polar surface area (TPSA) is 68.8 Å². The molecule has 4 heterocycles. The van der Waals surface area contributed by atoms with E-state index in [2.05, 4.69) is 15.4 Å². The predicted octanol–water partition coefficient (Wildman–Crippen LogP) is 5.40. The quantitative estimate of drug-likeness (QED) is 0.255. The average Bonchev–Trinajstić information content (AvgIpc) is 3.51. The van der Waals surface area contributed by atoms with Crippen LogP contribution in [0.1, 0.15) is 52.6 Å². The molecule has 0 radical (unpaired) electrons. The Morgan fingerprint density at radius 2 is 1.77 bits per heavy atom. The summed E-state index contributed by atoms with van der Waals surface area (Å²) in [6, 6.07) is 7.29. The van der Waals surface area contributed by atoms with Gasteiger partial charge in [-0.05, 0) is 49.9 Å². The molecule has 2 aliphatic heterocycles. The maximum absolute atomic E-state index is 14.1. The fourth-order valence-electron chi connectivity index (χ4n) is 5.71. The summed E-state index contributed by atoms with van der Waals surface area (Å²) < 4.78 is 83.5. The molecule has 6 rings (SSSR count). The molecule has 2 aromatic heterocycles. The number of hydrogen-bond donors (Lipinski definition) is 0. The molecule has 0 saturated carbocycles. The van der Waals surface area contributed by atoms with Crippen molar-refractivity contribution in [2.24, 2.45) is 7.05 Å². The van der Waals surface area contributed by atoms with E-state index >= 15 is 0 Å². The first-order valence-corrected chi connectivity index (χ1v) is 12.2. The molecular formula is C26H20F6N6O. The highest BCUT2D eigenvalue weighted by atomic mass is 19.4. The van der Waals surface area contributed by atoms with E-state index in [9.17, 15) is 31.1 Å². The normalized spacial score (nSPS) is 18.8. The van der Waals surface area contributed by atoms with Crippen LogP contribution in [0.3, 0.4) is 0 Å². The lowest BCUT2D eigenvalue weighted by atomic mass is 9.81. The second-order valence-corrected chi connectivity index (χ2v) is 9.67. The molecule has 202 valence electrons. The molecule has 2 aromatic carbocycles. The van der Waals surface area contributed by atoms with Crippen molar-refractivity contribution in [3.05, 3.63) is 82.6 Å². The minimum absolute atomic E-state index is 0.137. The van der Waals surface area contributed by atoms with Gasteiger partial charge in [0.2, 0.25) is 0 Å². The number of aryl methyl sites for hydroxylation is 1. The van der Waals surface area contributed by atoms with E-state index in [-0.39, 0.29) is 22.9 Å². The Bertz CT molecular complexity index is 1590. The van der Waals surface area contributed by atoms with Crippen LogP contribution in [0.5, 0.6) is 0 Å². The van der Waals surface area contributed by atoms with E-state index in [1.165, 1.54) is 16.8 Å². The second kappa shape index (κ2) is 8.95. The van der Waals surface area contributed by atoms with E-state index in [0.717, 1.165) is 35.0 Å². The van der Waals surface area contributed by atoms with Crippen molar-refractivity contribution in [3.8, 4) is 16.9 Å². The number of aromatic nitrogens is 5. The van der Waals surface area contributed by atoms with Crippen molar-refractivity contribution in [2.75, 3.05) is 0 Å². The Balaban J connectivity index is 1.40. The smallest absolute Gasteiger partial charge is 0.327 e. The number of fused-ring (bicyclic) bond motifs is 4. The molecule has 1 saturated heterocycles. The third-order valence-electron chi connectivity index (χ3n) is 7.33. The lowest BCUT2D eigenvalue weighted by Gasteiger charge is -2.45. The van der Waals surface area contributed by atoms with Gasteiger partial charge in [0.25, 0.3) is 5.91 Å². The summed E-state index contributed by atoms with van der Waals surface area (Å²) in [4.78, 5) is 15.7.